The minimum atomic E-state index is -0.243. The smallest absolute Gasteiger partial charge is 0.249 e. The quantitative estimate of drug-likeness (QED) is 0.831. The van der Waals surface area contributed by atoms with E-state index in [2.05, 4.69) is 15.0 Å². The molecule has 1 aliphatic rings. The fourth-order valence-corrected chi connectivity index (χ4v) is 1.89. The molecule has 0 bridgehead atoms. The van der Waals surface area contributed by atoms with E-state index in [0.29, 0.717) is 11.1 Å². The largest absolute Gasteiger partial charge is 0.506 e. The highest BCUT2D eigenvalue weighted by Gasteiger charge is 2.27. The van der Waals surface area contributed by atoms with Gasteiger partial charge in [-0.1, -0.05) is 24.3 Å². The van der Waals surface area contributed by atoms with E-state index in [1.807, 2.05) is 0 Å². The minimum absolute atomic E-state index is 0.0553. The lowest BCUT2D eigenvalue weighted by atomic mass is 10.1. The van der Waals surface area contributed by atoms with Gasteiger partial charge in [0.25, 0.3) is 0 Å². The molecule has 5 nitrogen and oxygen atoms in total. The van der Waals surface area contributed by atoms with Gasteiger partial charge in [-0.15, -0.1) is 0 Å². The highest BCUT2D eigenvalue weighted by atomic mass is 16.3. The van der Waals surface area contributed by atoms with Crippen molar-refractivity contribution >= 4 is 23.7 Å². The van der Waals surface area contributed by atoms with Gasteiger partial charge in [0.05, 0.1) is 5.57 Å². The Morgan fingerprint density at radius 3 is 2.42 bits per heavy atom. The Morgan fingerprint density at radius 1 is 1.05 bits per heavy atom. The Balaban J connectivity index is 1.98. The molecular formula is C14H9N3O2. The summed E-state index contributed by atoms with van der Waals surface area (Å²) in [5.74, 6) is -0.0559. The van der Waals surface area contributed by atoms with Gasteiger partial charge in [0.2, 0.25) is 5.95 Å². The van der Waals surface area contributed by atoms with Crippen LogP contribution in [0.15, 0.2) is 53.3 Å². The van der Waals surface area contributed by atoms with Crippen molar-refractivity contribution in [2.24, 2.45) is 4.99 Å². The summed E-state index contributed by atoms with van der Waals surface area (Å²) in [4.78, 5) is 23.9. The van der Waals surface area contributed by atoms with Gasteiger partial charge in [0.15, 0.2) is 5.78 Å². The predicted molar refractivity (Wildman–Crippen MR) is 70.5 cm³/mol. The zero-order chi connectivity index (χ0) is 13.2. The normalized spacial score (nSPS) is 14.2. The summed E-state index contributed by atoms with van der Waals surface area (Å²) in [5.41, 5.74) is 1.17. The van der Waals surface area contributed by atoms with Gasteiger partial charge in [-0.3, -0.25) is 4.79 Å². The summed E-state index contributed by atoms with van der Waals surface area (Å²) in [6.45, 7) is 0. The van der Waals surface area contributed by atoms with Crippen molar-refractivity contribution in [1.82, 2.24) is 9.97 Å². The number of benzene rings is 1. The number of aliphatic hydroxyl groups is 1. The van der Waals surface area contributed by atoms with Crippen LogP contribution in [0.1, 0.15) is 15.9 Å². The lowest BCUT2D eigenvalue weighted by molar-refractivity contribution is 0.104. The van der Waals surface area contributed by atoms with Crippen LogP contribution in [-0.4, -0.2) is 27.1 Å². The summed E-state index contributed by atoms with van der Waals surface area (Å²) in [7, 11) is 0. The molecule has 0 saturated heterocycles. The summed E-state index contributed by atoms with van der Waals surface area (Å²) >= 11 is 0. The van der Waals surface area contributed by atoms with Crippen molar-refractivity contribution in [3.8, 4) is 0 Å². The number of hydrogen-bond donors (Lipinski definition) is 1. The maximum Gasteiger partial charge on any atom is 0.249 e. The van der Waals surface area contributed by atoms with Crippen molar-refractivity contribution in [1.29, 1.82) is 0 Å². The van der Waals surface area contributed by atoms with Crippen LogP contribution < -0.4 is 0 Å². The Morgan fingerprint density at radius 2 is 1.74 bits per heavy atom. The molecule has 0 fully saturated rings. The molecular weight excluding hydrogens is 242 g/mol. The van der Waals surface area contributed by atoms with E-state index in [-0.39, 0.29) is 23.1 Å². The number of carbonyl (C=O) groups is 1. The first-order valence-corrected chi connectivity index (χ1v) is 5.66. The predicted octanol–water partition coefficient (Wildman–Crippen LogP) is 2.34. The molecule has 0 saturated carbocycles. The van der Waals surface area contributed by atoms with Gasteiger partial charge in [-0.25, -0.2) is 15.0 Å². The van der Waals surface area contributed by atoms with Crippen molar-refractivity contribution in [3.63, 3.8) is 0 Å². The van der Waals surface area contributed by atoms with Gasteiger partial charge in [0, 0.05) is 29.7 Å². The number of Topliss-reactive ketones (excluding diaryl/α,β-unsaturated/α-hetero) is 1. The Labute approximate surface area is 109 Å². The first-order valence-electron chi connectivity index (χ1n) is 5.66. The average Bonchev–Trinajstić information content (AvgIpc) is 2.71. The number of rotatable bonds is 2. The fraction of sp³-hybridized carbons (Fsp3) is 0. The molecule has 0 amide bonds. The molecule has 0 unspecified atom stereocenters. The SMILES string of the molecule is O=C1C(C=Nc2ncccn2)=C(O)c2ccccc21. The number of aromatic nitrogens is 2. The molecule has 1 heterocycles. The molecule has 0 radical (unpaired) electrons. The van der Waals surface area contributed by atoms with E-state index < -0.39 is 0 Å². The van der Waals surface area contributed by atoms with E-state index in [9.17, 15) is 9.90 Å². The van der Waals surface area contributed by atoms with Gasteiger partial charge in [-0.2, -0.15) is 0 Å². The first kappa shape index (κ1) is 11.3. The topological polar surface area (TPSA) is 75.4 Å². The van der Waals surface area contributed by atoms with E-state index >= 15 is 0 Å². The van der Waals surface area contributed by atoms with Crippen LogP contribution in [-0.2, 0) is 0 Å². The van der Waals surface area contributed by atoms with Crippen molar-refractivity contribution in [2.75, 3.05) is 0 Å². The minimum Gasteiger partial charge on any atom is -0.506 e. The van der Waals surface area contributed by atoms with E-state index in [1.165, 1.54) is 6.21 Å². The number of aliphatic hydroxyl groups excluding tert-OH is 1. The first-order chi connectivity index (χ1) is 9.27. The lowest BCUT2D eigenvalue weighted by Crippen LogP contribution is -1.99. The molecule has 0 spiro atoms. The summed E-state index contributed by atoms with van der Waals surface area (Å²) < 4.78 is 0. The van der Waals surface area contributed by atoms with Crippen LogP contribution in [0.3, 0.4) is 0 Å². The fourth-order valence-electron chi connectivity index (χ4n) is 1.89. The van der Waals surface area contributed by atoms with Crippen molar-refractivity contribution in [3.05, 3.63) is 59.4 Å². The Bertz CT molecular complexity index is 706. The number of ketones is 1. The molecule has 1 aromatic heterocycles. The second-order valence-electron chi connectivity index (χ2n) is 3.94. The van der Waals surface area contributed by atoms with Crippen LogP contribution in [0.25, 0.3) is 5.76 Å². The monoisotopic (exact) mass is 251 g/mol. The Hall–Kier alpha value is -2.82. The standard InChI is InChI=1S/C14H9N3O2/c18-12-9-4-1-2-5-10(9)13(19)11(12)8-17-14-15-6-3-7-16-14/h1-8,18H. The zero-order valence-corrected chi connectivity index (χ0v) is 9.82. The molecule has 1 aromatic carbocycles. The number of allylic oxidation sites excluding steroid dienone is 1. The highest BCUT2D eigenvalue weighted by molar-refractivity contribution is 6.30. The molecule has 0 atom stereocenters. The number of hydrogen-bond acceptors (Lipinski definition) is 5. The van der Waals surface area contributed by atoms with Gasteiger partial charge in [-0.05, 0) is 6.07 Å². The third kappa shape index (κ3) is 1.91. The molecule has 5 heteroatoms. The van der Waals surface area contributed by atoms with Crippen LogP contribution in [0.4, 0.5) is 5.95 Å². The molecule has 2 aromatic rings. The number of carbonyl (C=O) groups excluding carboxylic acids is 1. The van der Waals surface area contributed by atoms with Crippen molar-refractivity contribution < 1.29 is 9.90 Å². The Kier molecular flexibility index (Phi) is 2.64. The van der Waals surface area contributed by atoms with Crippen LogP contribution in [0.5, 0.6) is 0 Å². The van der Waals surface area contributed by atoms with E-state index in [0.717, 1.165) is 0 Å². The molecule has 19 heavy (non-hydrogen) atoms. The highest BCUT2D eigenvalue weighted by Crippen LogP contribution is 2.29. The molecule has 1 N–H and O–H groups in total. The third-order valence-corrected chi connectivity index (χ3v) is 2.79. The molecule has 92 valence electrons. The maximum atomic E-state index is 12.1. The molecule has 1 aliphatic carbocycles. The zero-order valence-electron chi connectivity index (χ0n) is 9.82. The van der Waals surface area contributed by atoms with Gasteiger partial charge >= 0.3 is 0 Å². The maximum absolute atomic E-state index is 12.1. The number of fused-ring (bicyclic) bond motifs is 1. The molecule has 3 rings (SSSR count). The van der Waals surface area contributed by atoms with Crippen molar-refractivity contribution in [2.45, 2.75) is 0 Å². The second kappa shape index (κ2) is 4.45. The number of nitrogens with zero attached hydrogens (tertiary/aromatic N) is 3. The lowest BCUT2D eigenvalue weighted by Gasteiger charge is -1.95. The van der Waals surface area contributed by atoms with E-state index in [4.69, 9.17) is 0 Å². The van der Waals surface area contributed by atoms with Crippen LogP contribution in [0, 0.1) is 0 Å². The van der Waals surface area contributed by atoms with Gasteiger partial charge < -0.3 is 5.11 Å². The summed E-state index contributed by atoms with van der Waals surface area (Å²) in [6, 6.07) is 8.57. The van der Waals surface area contributed by atoms with Gasteiger partial charge in [0.1, 0.15) is 5.76 Å². The molecule has 0 aliphatic heterocycles. The van der Waals surface area contributed by atoms with Crippen LogP contribution >= 0.6 is 0 Å². The number of aliphatic imine (C=N–C) groups is 1. The third-order valence-electron chi connectivity index (χ3n) is 2.79. The van der Waals surface area contributed by atoms with Crippen LogP contribution in [0.2, 0.25) is 0 Å². The average molecular weight is 251 g/mol. The summed E-state index contributed by atoms with van der Waals surface area (Å²) in [6.07, 6.45) is 4.41. The second-order valence-corrected chi connectivity index (χ2v) is 3.94. The summed E-state index contributed by atoms with van der Waals surface area (Å²) in [5, 5.41) is 10.0. The van der Waals surface area contributed by atoms with E-state index in [1.54, 1.807) is 42.7 Å².